The molecular formula is C15H27NOS. The number of hydrogen-bond donors (Lipinski definition) is 0. The van der Waals surface area contributed by atoms with E-state index in [0.717, 1.165) is 31.7 Å². The highest BCUT2D eigenvalue weighted by atomic mass is 32.2. The van der Waals surface area contributed by atoms with Crippen LogP contribution in [0.5, 0.6) is 0 Å². The van der Waals surface area contributed by atoms with Crippen molar-refractivity contribution in [2.45, 2.75) is 51.5 Å². The number of Topliss-reactive ketones (excluding diaryl/α,β-unsaturated/α-hetero) is 1. The van der Waals surface area contributed by atoms with Gasteiger partial charge in [0.1, 0.15) is 5.78 Å². The van der Waals surface area contributed by atoms with Gasteiger partial charge in [0.05, 0.1) is 0 Å². The van der Waals surface area contributed by atoms with Crippen LogP contribution in [0.15, 0.2) is 0 Å². The molecular weight excluding hydrogens is 242 g/mol. The van der Waals surface area contributed by atoms with Crippen LogP contribution in [0.3, 0.4) is 0 Å². The molecule has 2 nitrogen and oxygen atoms in total. The predicted molar refractivity (Wildman–Crippen MR) is 79.1 cm³/mol. The van der Waals surface area contributed by atoms with Crippen molar-refractivity contribution in [3.8, 4) is 0 Å². The molecule has 0 N–H and O–H groups in total. The first-order valence-corrected chi connectivity index (χ1v) is 8.66. The van der Waals surface area contributed by atoms with Crippen LogP contribution in [-0.2, 0) is 4.79 Å². The van der Waals surface area contributed by atoms with Crippen LogP contribution < -0.4 is 0 Å². The monoisotopic (exact) mass is 269 g/mol. The summed E-state index contributed by atoms with van der Waals surface area (Å²) < 4.78 is 0. The SMILES string of the molecule is CCCC1CCC(=O)C(CN(C)C2CCSC2)C1. The summed E-state index contributed by atoms with van der Waals surface area (Å²) in [5.74, 6) is 4.22. The Morgan fingerprint density at radius 2 is 2.22 bits per heavy atom. The Morgan fingerprint density at radius 3 is 2.89 bits per heavy atom. The summed E-state index contributed by atoms with van der Waals surface area (Å²) in [7, 11) is 2.22. The highest BCUT2D eigenvalue weighted by Gasteiger charge is 2.31. The van der Waals surface area contributed by atoms with E-state index in [1.165, 1.54) is 30.8 Å². The number of hydrogen-bond acceptors (Lipinski definition) is 3. The number of nitrogens with zero attached hydrogens (tertiary/aromatic N) is 1. The minimum Gasteiger partial charge on any atom is -0.302 e. The van der Waals surface area contributed by atoms with Gasteiger partial charge in [0.15, 0.2) is 0 Å². The summed E-state index contributed by atoms with van der Waals surface area (Å²) in [6.45, 7) is 3.26. The molecule has 1 heterocycles. The van der Waals surface area contributed by atoms with Gasteiger partial charge in [-0.25, -0.2) is 0 Å². The normalized spacial score (nSPS) is 33.3. The summed E-state index contributed by atoms with van der Waals surface area (Å²) in [6.07, 6.45) is 7.01. The Labute approximate surface area is 116 Å². The van der Waals surface area contributed by atoms with Gasteiger partial charge >= 0.3 is 0 Å². The van der Waals surface area contributed by atoms with Gasteiger partial charge in [0, 0.05) is 30.7 Å². The largest absolute Gasteiger partial charge is 0.302 e. The molecule has 0 amide bonds. The first-order chi connectivity index (χ1) is 8.70. The molecule has 1 aliphatic heterocycles. The quantitative estimate of drug-likeness (QED) is 0.764. The molecule has 0 radical (unpaired) electrons. The van der Waals surface area contributed by atoms with Crippen molar-refractivity contribution >= 4 is 17.5 Å². The zero-order valence-corrected chi connectivity index (χ0v) is 12.7. The zero-order chi connectivity index (χ0) is 13.0. The lowest BCUT2D eigenvalue weighted by Gasteiger charge is -2.33. The molecule has 18 heavy (non-hydrogen) atoms. The summed E-state index contributed by atoms with van der Waals surface area (Å²) >= 11 is 2.06. The fraction of sp³-hybridized carbons (Fsp3) is 0.933. The second kappa shape index (κ2) is 6.95. The highest BCUT2D eigenvalue weighted by molar-refractivity contribution is 7.99. The molecule has 0 aromatic heterocycles. The number of thioether (sulfide) groups is 1. The van der Waals surface area contributed by atoms with E-state index in [1.807, 2.05) is 0 Å². The first-order valence-electron chi connectivity index (χ1n) is 7.51. The van der Waals surface area contributed by atoms with Crippen LogP contribution in [-0.4, -0.2) is 41.8 Å². The number of ketones is 1. The topological polar surface area (TPSA) is 20.3 Å². The molecule has 1 saturated heterocycles. The Balaban J connectivity index is 1.83. The van der Waals surface area contributed by atoms with Crippen LogP contribution in [0.2, 0.25) is 0 Å². The molecule has 104 valence electrons. The van der Waals surface area contributed by atoms with E-state index in [1.54, 1.807) is 0 Å². The lowest BCUT2D eigenvalue weighted by Crippen LogP contribution is -2.40. The van der Waals surface area contributed by atoms with Crippen molar-refractivity contribution in [2.24, 2.45) is 11.8 Å². The van der Waals surface area contributed by atoms with Crippen molar-refractivity contribution in [1.29, 1.82) is 0 Å². The smallest absolute Gasteiger partial charge is 0.137 e. The maximum atomic E-state index is 12.1. The Morgan fingerprint density at radius 1 is 1.39 bits per heavy atom. The zero-order valence-electron chi connectivity index (χ0n) is 11.9. The Hall–Kier alpha value is -0.0200. The van der Waals surface area contributed by atoms with E-state index in [4.69, 9.17) is 0 Å². The maximum Gasteiger partial charge on any atom is 0.137 e. The third-order valence-corrected chi connectivity index (χ3v) is 5.75. The summed E-state index contributed by atoms with van der Waals surface area (Å²) in [4.78, 5) is 14.5. The average Bonchev–Trinajstić information content (AvgIpc) is 2.87. The van der Waals surface area contributed by atoms with Gasteiger partial charge in [-0.05, 0) is 38.0 Å². The molecule has 3 atom stereocenters. The number of rotatable bonds is 5. The van der Waals surface area contributed by atoms with E-state index < -0.39 is 0 Å². The van der Waals surface area contributed by atoms with Crippen LogP contribution in [0, 0.1) is 11.8 Å². The van der Waals surface area contributed by atoms with Crippen LogP contribution in [0.1, 0.15) is 45.4 Å². The minimum atomic E-state index is 0.325. The van der Waals surface area contributed by atoms with Gasteiger partial charge in [-0.2, -0.15) is 11.8 Å². The second-order valence-corrected chi connectivity index (χ2v) is 7.20. The minimum absolute atomic E-state index is 0.325. The van der Waals surface area contributed by atoms with Crippen LogP contribution in [0.25, 0.3) is 0 Å². The molecule has 3 heteroatoms. The van der Waals surface area contributed by atoms with Crippen LogP contribution >= 0.6 is 11.8 Å². The average molecular weight is 269 g/mol. The van der Waals surface area contributed by atoms with Gasteiger partial charge in [-0.3, -0.25) is 4.79 Å². The maximum absolute atomic E-state index is 12.1. The third-order valence-electron chi connectivity index (χ3n) is 4.61. The molecule has 1 aliphatic carbocycles. The van der Waals surface area contributed by atoms with Crippen molar-refractivity contribution in [2.75, 3.05) is 25.1 Å². The van der Waals surface area contributed by atoms with Crippen molar-refractivity contribution < 1.29 is 4.79 Å². The van der Waals surface area contributed by atoms with E-state index in [-0.39, 0.29) is 0 Å². The fourth-order valence-corrected chi connectivity index (χ4v) is 4.71. The number of carbonyl (C=O) groups excluding carboxylic acids is 1. The van der Waals surface area contributed by atoms with E-state index >= 15 is 0 Å². The lowest BCUT2D eigenvalue weighted by atomic mass is 9.78. The van der Waals surface area contributed by atoms with E-state index in [9.17, 15) is 4.79 Å². The highest BCUT2D eigenvalue weighted by Crippen LogP contribution is 2.31. The Kier molecular flexibility index (Phi) is 5.56. The summed E-state index contributed by atoms with van der Waals surface area (Å²) in [6, 6.07) is 0.717. The summed E-state index contributed by atoms with van der Waals surface area (Å²) in [5.41, 5.74) is 0. The van der Waals surface area contributed by atoms with Gasteiger partial charge in [0.2, 0.25) is 0 Å². The van der Waals surface area contributed by atoms with Crippen molar-refractivity contribution in [1.82, 2.24) is 4.90 Å². The van der Waals surface area contributed by atoms with E-state index in [2.05, 4.69) is 30.6 Å². The van der Waals surface area contributed by atoms with Crippen molar-refractivity contribution in [3.63, 3.8) is 0 Å². The molecule has 0 aromatic rings. The van der Waals surface area contributed by atoms with Gasteiger partial charge in [-0.15, -0.1) is 0 Å². The Bertz CT molecular complexity index is 276. The molecule has 3 unspecified atom stereocenters. The first kappa shape index (κ1) is 14.4. The standard InChI is InChI=1S/C15H27NOS/c1-3-4-12-5-6-15(17)13(9-12)10-16(2)14-7-8-18-11-14/h12-14H,3-11H2,1-2H3. The van der Waals surface area contributed by atoms with Gasteiger partial charge < -0.3 is 4.90 Å². The van der Waals surface area contributed by atoms with Gasteiger partial charge in [0.25, 0.3) is 0 Å². The molecule has 2 fully saturated rings. The molecule has 0 bridgehead atoms. The van der Waals surface area contributed by atoms with Gasteiger partial charge in [-0.1, -0.05) is 19.8 Å². The lowest BCUT2D eigenvalue weighted by molar-refractivity contribution is -0.126. The third kappa shape index (κ3) is 3.74. The van der Waals surface area contributed by atoms with Crippen LogP contribution in [0.4, 0.5) is 0 Å². The predicted octanol–water partition coefficient (Wildman–Crippen LogP) is 3.21. The molecule has 0 spiro atoms. The fourth-order valence-electron chi connectivity index (χ4n) is 3.42. The molecule has 2 rings (SSSR count). The van der Waals surface area contributed by atoms with Crippen molar-refractivity contribution in [3.05, 3.63) is 0 Å². The summed E-state index contributed by atoms with van der Waals surface area (Å²) in [5, 5.41) is 0. The molecule has 1 saturated carbocycles. The molecule has 0 aromatic carbocycles. The number of carbonyl (C=O) groups is 1. The molecule has 2 aliphatic rings. The second-order valence-electron chi connectivity index (χ2n) is 6.05. The van der Waals surface area contributed by atoms with E-state index in [0.29, 0.717) is 17.7 Å².